The lowest BCUT2D eigenvalue weighted by Gasteiger charge is -2.02. The van der Waals surface area contributed by atoms with E-state index >= 15 is 0 Å². The number of benzene rings is 1. The second kappa shape index (κ2) is 7.15. The molecule has 3 heterocycles. The molecule has 24 heavy (non-hydrogen) atoms. The summed E-state index contributed by atoms with van der Waals surface area (Å²) < 4.78 is 5.38. The van der Waals surface area contributed by atoms with Gasteiger partial charge in [-0.05, 0) is 31.0 Å². The van der Waals surface area contributed by atoms with Crippen LogP contribution in [0.25, 0.3) is 23.0 Å². The summed E-state index contributed by atoms with van der Waals surface area (Å²) in [7, 11) is 0. The van der Waals surface area contributed by atoms with Crippen LogP contribution in [0.4, 0.5) is 0 Å². The second-order valence-electron chi connectivity index (χ2n) is 5.87. The fraction of sp³-hybridized carbons (Fsp3) is 0.353. The van der Waals surface area contributed by atoms with Crippen LogP contribution in [0.2, 0.25) is 0 Å². The van der Waals surface area contributed by atoms with Gasteiger partial charge in [0.1, 0.15) is 0 Å². The Morgan fingerprint density at radius 1 is 1.25 bits per heavy atom. The molecule has 1 aromatic carbocycles. The van der Waals surface area contributed by atoms with Gasteiger partial charge in [-0.25, -0.2) is 0 Å². The Bertz CT molecular complexity index is 789. The first-order chi connectivity index (χ1) is 11.3. The van der Waals surface area contributed by atoms with Gasteiger partial charge in [-0.15, -0.1) is 12.4 Å². The smallest absolute Gasteiger partial charge is 0.278 e. The van der Waals surface area contributed by atoms with Crippen molar-refractivity contribution in [3.63, 3.8) is 0 Å². The molecule has 0 saturated carbocycles. The Balaban J connectivity index is 0.00000169. The first kappa shape index (κ1) is 16.7. The Kier molecular flexibility index (Phi) is 4.97. The van der Waals surface area contributed by atoms with Gasteiger partial charge >= 0.3 is 0 Å². The predicted octanol–water partition coefficient (Wildman–Crippen LogP) is 3.19. The average Bonchev–Trinajstić information content (AvgIpc) is 3.34. The van der Waals surface area contributed by atoms with Gasteiger partial charge in [0, 0.05) is 23.7 Å². The van der Waals surface area contributed by atoms with Crippen LogP contribution in [0.1, 0.15) is 30.5 Å². The average molecular weight is 346 g/mol. The third kappa shape index (κ3) is 3.20. The number of aromatic nitrogens is 4. The molecule has 2 aromatic heterocycles. The Hall–Kier alpha value is -2.18. The highest BCUT2D eigenvalue weighted by atomic mass is 35.5. The van der Waals surface area contributed by atoms with E-state index in [1.807, 2.05) is 18.2 Å². The van der Waals surface area contributed by atoms with Crippen LogP contribution >= 0.6 is 12.4 Å². The van der Waals surface area contributed by atoms with Gasteiger partial charge in [0.05, 0.1) is 0 Å². The van der Waals surface area contributed by atoms with Gasteiger partial charge in [0.25, 0.3) is 5.89 Å². The van der Waals surface area contributed by atoms with Gasteiger partial charge in [0.15, 0.2) is 5.69 Å². The normalized spacial score (nSPS) is 17.0. The van der Waals surface area contributed by atoms with E-state index in [4.69, 9.17) is 4.52 Å². The molecule has 126 valence electrons. The van der Waals surface area contributed by atoms with Crippen LogP contribution in [0.5, 0.6) is 0 Å². The predicted molar refractivity (Wildman–Crippen MR) is 94.2 cm³/mol. The maximum absolute atomic E-state index is 5.38. The lowest BCUT2D eigenvalue weighted by molar-refractivity contribution is 0.431. The van der Waals surface area contributed by atoms with Crippen LogP contribution in [0.15, 0.2) is 34.9 Å². The summed E-state index contributed by atoms with van der Waals surface area (Å²) in [4.78, 5) is 4.47. The summed E-state index contributed by atoms with van der Waals surface area (Å²) in [5, 5.41) is 14.8. The van der Waals surface area contributed by atoms with Crippen molar-refractivity contribution in [1.29, 1.82) is 0 Å². The van der Waals surface area contributed by atoms with Crippen molar-refractivity contribution in [2.75, 3.05) is 13.1 Å². The Morgan fingerprint density at radius 2 is 2.08 bits per heavy atom. The Labute approximate surface area is 146 Å². The highest BCUT2D eigenvalue weighted by Crippen LogP contribution is 2.26. The third-order valence-corrected chi connectivity index (χ3v) is 4.36. The molecule has 0 amide bonds. The number of aromatic amines is 1. The number of nitrogens with zero attached hydrogens (tertiary/aromatic N) is 3. The number of nitrogens with one attached hydrogen (secondary N) is 2. The monoisotopic (exact) mass is 345 g/mol. The largest absolute Gasteiger partial charge is 0.332 e. The van der Waals surface area contributed by atoms with Gasteiger partial charge in [-0.1, -0.05) is 36.3 Å². The highest BCUT2D eigenvalue weighted by Gasteiger charge is 2.21. The van der Waals surface area contributed by atoms with Crippen molar-refractivity contribution in [1.82, 2.24) is 25.7 Å². The van der Waals surface area contributed by atoms with E-state index in [1.165, 1.54) is 5.56 Å². The SMILES string of the molecule is CCc1ccc(-c2noc(-c3cc(C4CCNC4)[nH]n3)n2)cc1.Cl. The molecule has 0 radical (unpaired) electrons. The van der Waals surface area contributed by atoms with Crippen molar-refractivity contribution in [2.45, 2.75) is 25.7 Å². The molecule has 1 fully saturated rings. The summed E-state index contributed by atoms with van der Waals surface area (Å²) in [6.45, 7) is 4.18. The van der Waals surface area contributed by atoms with Crippen molar-refractivity contribution >= 4 is 12.4 Å². The van der Waals surface area contributed by atoms with Crippen LogP contribution in [0.3, 0.4) is 0 Å². The molecule has 1 atom stereocenters. The summed E-state index contributed by atoms with van der Waals surface area (Å²) in [6, 6.07) is 10.2. The maximum Gasteiger partial charge on any atom is 0.278 e. The molecule has 1 aliphatic rings. The van der Waals surface area contributed by atoms with Crippen LogP contribution in [-0.4, -0.2) is 33.4 Å². The van der Waals surface area contributed by atoms with E-state index < -0.39 is 0 Å². The molecule has 3 aromatic rings. The first-order valence-corrected chi connectivity index (χ1v) is 8.03. The molecule has 1 aliphatic heterocycles. The van der Waals surface area contributed by atoms with Gasteiger partial charge in [-0.2, -0.15) is 10.1 Å². The molecular weight excluding hydrogens is 326 g/mol. The van der Waals surface area contributed by atoms with Crippen LogP contribution in [0, 0.1) is 0 Å². The zero-order valence-electron chi connectivity index (χ0n) is 13.5. The van der Waals surface area contributed by atoms with E-state index in [2.05, 4.69) is 44.7 Å². The van der Waals surface area contributed by atoms with Crippen molar-refractivity contribution in [3.8, 4) is 23.0 Å². The van der Waals surface area contributed by atoms with Gasteiger partial charge in [0.2, 0.25) is 5.82 Å². The van der Waals surface area contributed by atoms with Gasteiger partial charge < -0.3 is 9.84 Å². The number of aryl methyl sites for hydroxylation is 1. The van der Waals surface area contributed by atoms with E-state index in [0.29, 0.717) is 23.3 Å². The summed E-state index contributed by atoms with van der Waals surface area (Å²) in [5.74, 6) is 1.53. The molecule has 1 unspecified atom stereocenters. The fourth-order valence-electron chi connectivity index (χ4n) is 2.91. The minimum atomic E-state index is 0. The molecule has 7 heteroatoms. The molecule has 1 saturated heterocycles. The maximum atomic E-state index is 5.38. The molecule has 0 bridgehead atoms. The number of hydrogen-bond donors (Lipinski definition) is 2. The topological polar surface area (TPSA) is 79.6 Å². The molecule has 6 nitrogen and oxygen atoms in total. The summed E-state index contributed by atoms with van der Waals surface area (Å²) in [5.41, 5.74) is 4.07. The van der Waals surface area contributed by atoms with Crippen LogP contribution < -0.4 is 5.32 Å². The number of hydrogen-bond acceptors (Lipinski definition) is 5. The van der Waals surface area contributed by atoms with Gasteiger partial charge in [-0.3, -0.25) is 5.10 Å². The fourth-order valence-corrected chi connectivity index (χ4v) is 2.91. The highest BCUT2D eigenvalue weighted by molar-refractivity contribution is 5.85. The first-order valence-electron chi connectivity index (χ1n) is 8.03. The molecule has 0 spiro atoms. The van der Waals surface area contributed by atoms with E-state index in [-0.39, 0.29) is 12.4 Å². The zero-order chi connectivity index (χ0) is 15.6. The number of rotatable bonds is 4. The van der Waals surface area contributed by atoms with E-state index in [9.17, 15) is 0 Å². The molecular formula is C17H20ClN5O. The lowest BCUT2D eigenvalue weighted by Crippen LogP contribution is -2.08. The van der Waals surface area contributed by atoms with Crippen LogP contribution in [-0.2, 0) is 6.42 Å². The lowest BCUT2D eigenvalue weighted by atomic mass is 10.1. The number of H-pyrrole nitrogens is 1. The standard InChI is InChI=1S/C17H19N5O.ClH/c1-2-11-3-5-12(6-4-11)16-19-17(23-22-16)15-9-14(20-21-15)13-7-8-18-10-13;/h3-6,9,13,18H,2,7-8,10H2,1H3,(H,20,21);1H. The summed E-state index contributed by atoms with van der Waals surface area (Å²) >= 11 is 0. The quantitative estimate of drug-likeness (QED) is 0.759. The van der Waals surface area contributed by atoms with Crippen molar-refractivity contribution < 1.29 is 4.52 Å². The second-order valence-corrected chi connectivity index (χ2v) is 5.87. The van der Waals surface area contributed by atoms with Crippen molar-refractivity contribution in [2.24, 2.45) is 0 Å². The van der Waals surface area contributed by atoms with E-state index in [1.54, 1.807) is 0 Å². The Morgan fingerprint density at radius 3 is 2.79 bits per heavy atom. The molecule has 2 N–H and O–H groups in total. The molecule has 0 aliphatic carbocycles. The van der Waals surface area contributed by atoms with Crippen molar-refractivity contribution in [3.05, 3.63) is 41.6 Å². The van der Waals surface area contributed by atoms with E-state index in [0.717, 1.165) is 37.2 Å². The zero-order valence-corrected chi connectivity index (χ0v) is 14.3. The third-order valence-electron chi connectivity index (χ3n) is 4.36. The minimum Gasteiger partial charge on any atom is -0.332 e. The number of halogens is 1. The minimum absolute atomic E-state index is 0. The molecule has 4 rings (SSSR count). The summed E-state index contributed by atoms with van der Waals surface area (Å²) in [6.07, 6.45) is 2.14.